The number of nitrogens with two attached hydrogens (primary N) is 1. The zero-order chi connectivity index (χ0) is 16.4. The molecule has 1 aliphatic heterocycles. The topological polar surface area (TPSA) is 50.3 Å². The van der Waals surface area contributed by atoms with E-state index < -0.39 is 0 Å². The van der Waals surface area contributed by atoms with Crippen molar-refractivity contribution >= 4 is 5.69 Å². The van der Waals surface area contributed by atoms with Gasteiger partial charge < -0.3 is 15.2 Å². The second-order valence-electron chi connectivity index (χ2n) is 6.30. The van der Waals surface area contributed by atoms with Gasteiger partial charge in [-0.1, -0.05) is 18.2 Å². The first-order valence-electron chi connectivity index (χ1n) is 8.35. The number of imidazole rings is 1. The lowest BCUT2D eigenvalue weighted by atomic mass is 10.1. The molecule has 1 aliphatic rings. The Bertz CT molecular complexity index is 641. The number of nitrogens with zero attached hydrogens (tertiary/aromatic N) is 4. The number of aromatic nitrogens is 2. The molecule has 124 valence electrons. The number of hydrogen-bond donors (Lipinski definition) is 1. The molecule has 0 radical (unpaired) electrons. The summed E-state index contributed by atoms with van der Waals surface area (Å²) >= 11 is 0. The first-order valence-corrected chi connectivity index (χ1v) is 8.35. The van der Waals surface area contributed by atoms with Crippen molar-refractivity contribution in [2.24, 2.45) is 12.8 Å². The Kier molecular flexibility index (Phi) is 4.68. The Morgan fingerprint density at radius 3 is 2.26 bits per heavy atom. The SMILES string of the molecule is Cc1nc(C)n(C)c1C(CN)N1CCN(c2ccccc2)CC1. The van der Waals surface area contributed by atoms with E-state index in [4.69, 9.17) is 5.73 Å². The van der Waals surface area contributed by atoms with Crippen LogP contribution in [0, 0.1) is 13.8 Å². The molecule has 23 heavy (non-hydrogen) atoms. The molecular weight excluding hydrogens is 286 g/mol. The van der Waals surface area contributed by atoms with Gasteiger partial charge in [0.25, 0.3) is 0 Å². The van der Waals surface area contributed by atoms with Crippen molar-refractivity contribution in [3.05, 3.63) is 47.5 Å². The van der Waals surface area contributed by atoms with E-state index in [9.17, 15) is 0 Å². The van der Waals surface area contributed by atoms with E-state index in [1.165, 1.54) is 11.4 Å². The van der Waals surface area contributed by atoms with E-state index in [0.29, 0.717) is 6.54 Å². The minimum atomic E-state index is 0.249. The number of hydrogen-bond acceptors (Lipinski definition) is 4. The van der Waals surface area contributed by atoms with Gasteiger partial charge in [0.2, 0.25) is 0 Å². The van der Waals surface area contributed by atoms with Crippen molar-refractivity contribution in [2.75, 3.05) is 37.6 Å². The zero-order valence-electron chi connectivity index (χ0n) is 14.4. The summed E-state index contributed by atoms with van der Waals surface area (Å²) in [7, 11) is 2.09. The van der Waals surface area contributed by atoms with Crippen LogP contribution in [0.2, 0.25) is 0 Å². The molecule has 2 aromatic rings. The van der Waals surface area contributed by atoms with Gasteiger partial charge in [-0.05, 0) is 26.0 Å². The molecule has 1 saturated heterocycles. The Morgan fingerprint density at radius 1 is 1.09 bits per heavy atom. The van der Waals surface area contributed by atoms with Crippen molar-refractivity contribution in [1.29, 1.82) is 0 Å². The molecule has 5 nitrogen and oxygen atoms in total. The average Bonchev–Trinajstić information content (AvgIpc) is 2.83. The molecule has 0 spiro atoms. The lowest BCUT2D eigenvalue weighted by molar-refractivity contribution is 0.183. The summed E-state index contributed by atoms with van der Waals surface area (Å²) < 4.78 is 2.19. The lowest BCUT2D eigenvalue weighted by Gasteiger charge is -2.40. The van der Waals surface area contributed by atoms with Crippen molar-refractivity contribution in [1.82, 2.24) is 14.5 Å². The summed E-state index contributed by atoms with van der Waals surface area (Å²) in [5.74, 6) is 1.05. The van der Waals surface area contributed by atoms with Gasteiger partial charge in [0.1, 0.15) is 5.82 Å². The molecule has 2 N–H and O–H groups in total. The monoisotopic (exact) mass is 313 g/mol. The quantitative estimate of drug-likeness (QED) is 0.936. The third-order valence-electron chi connectivity index (χ3n) is 4.96. The summed E-state index contributed by atoms with van der Waals surface area (Å²) in [5.41, 5.74) is 9.81. The predicted molar refractivity (Wildman–Crippen MR) is 94.7 cm³/mol. The Morgan fingerprint density at radius 2 is 1.74 bits per heavy atom. The van der Waals surface area contributed by atoms with Crippen molar-refractivity contribution in [3.8, 4) is 0 Å². The fourth-order valence-electron chi connectivity index (χ4n) is 3.62. The van der Waals surface area contributed by atoms with Gasteiger partial charge in [0.15, 0.2) is 0 Å². The maximum absolute atomic E-state index is 6.13. The van der Waals surface area contributed by atoms with Gasteiger partial charge >= 0.3 is 0 Å². The summed E-state index contributed by atoms with van der Waals surface area (Å²) in [6.07, 6.45) is 0. The van der Waals surface area contributed by atoms with E-state index in [1.54, 1.807) is 0 Å². The fourth-order valence-corrected chi connectivity index (χ4v) is 3.62. The summed E-state index contributed by atoms with van der Waals surface area (Å²) in [6, 6.07) is 10.9. The molecular formula is C18H27N5. The first kappa shape index (κ1) is 16.0. The zero-order valence-corrected chi connectivity index (χ0v) is 14.4. The number of piperazine rings is 1. The minimum Gasteiger partial charge on any atom is -0.369 e. The third-order valence-corrected chi connectivity index (χ3v) is 4.96. The summed E-state index contributed by atoms with van der Waals surface area (Å²) in [6.45, 7) is 8.90. The van der Waals surface area contributed by atoms with Crippen molar-refractivity contribution < 1.29 is 0 Å². The highest BCUT2D eigenvalue weighted by molar-refractivity contribution is 5.46. The molecule has 1 aromatic heterocycles. The number of rotatable bonds is 4. The fraction of sp³-hybridized carbons (Fsp3) is 0.500. The van der Waals surface area contributed by atoms with Crippen LogP contribution >= 0.6 is 0 Å². The maximum atomic E-state index is 6.13. The van der Waals surface area contributed by atoms with Crippen molar-refractivity contribution in [2.45, 2.75) is 19.9 Å². The van der Waals surface area contributed by atoms with E-state index in [1.807, 2.05) is 0 Å². The molecule has 0 amide bonds. The minimum absolute atomic E-state index is 0.249. The Labute approximate surface area is 138 Å². The molecule has 2 heterocycles. The highest BCUT2D eigenvalue weighted by Gasteiger charge is 2.28. The van der Waals surface area contributed by atoms with E-state index >= 15 is 0 Å². The van der Waals surface area contributed by atoms with Gasteiger partial charge in [0.05, 0.1) is 17.4 Å². The second kappa shape index (κ2) is 6.72. The Balaban J connectivity index is 1.73. The number of para-hydroxylation sites is 1. The highest BCUT2D eigenvalue weighted by Crippen LogP contribution is 2.26. The standard InChI is InChI=1S/C18H27N5/c1-14-18(21(3)15(2)20-14)17(13-19)23-11-9-22(10-12-23)16-7-5-4-6-8-16/h4-8,17H,9-13,19H2,1-3H3. The van der Waals surface area contributed by atoms with Crippen LogP contribution in [0.25, 0.3) is 0 Å². The van der Waals surface area contributed by atoms with Crippen LogP contribution in [0.15, 0.2) is 30.3 Å². The van der Waals surface area contributed by atoms with Gasteiger partial charge in [-0.25, -0.2) is 4.98 Å². The number of anilines is 1. The lowest BCUT2D eigenvalue weighted by Crippen LogP contribution is -2.49. The smallest absolute Gasteiger partial charge is 0.105 e. The van der Waals surface area contributed by atoms with E-state index in [-0.39, 0.29) is 6.04 Å². The highest BCUT2D eigenvalue weighted by atomic mass is 15.3. The number of benzene rings is 1. The van der Waals surface area contributed by atoms with Crippen LogP contribution in [0.5, 0.6) is 0 Å². The molecule has 5 heteroatoms. The average molecular weight is 313 g/mol. The van der Waals surface area contributed by atoms with Crippen LogP contribution in [0.4, 0.5) is 5.69 Å². The van der Waals surface area contributed by atoms with Crippen LogP contribution in [-0.4, -0.2) is 47.2 Å². The van der Waals surface area contributed by atoms with Crippen LogP contribution in [0.1, 0.15) is 23.3 Å². The maximum Gasteiger partial charge on any atom is 0.105 e. The van der Waals surface area contributed by atoms with Crippen LogP contribution in [-0.2, 0) is 7.05 Å². The van der Waals surface area contributed by atoms with Gasteiger partial charge in [-0.3, -0.25) is 4.90 Å². The molecule has 1 unspecified atom stereocenters. The van der Waals surface area contributed by atoms with Gasteiger partial charge in [-0.2, -0.15) is 0 Å². The molecule has 0 saturated carbocycles. The Hall–Kier alpha value is -1.85. The van der Waals surface area contributed by atoms with E-state index in [0.717, 1.165) is 37.7 Å². The molecule has 3 rings (SSSR count). The molecule has 0 aliphatic carbocycles. The normalized spacial score (nSPS) is 17.5. The summed E-state index contributed by atoms with van der Waals surface area (Å²) in [4.78, 5) is 9.56. The van der Waals surface area contributed by atoms with Gasteiger partial charge in [0, 0.05) is 45.5 Å². The van der Waals surface area contributed by atoms with E-state index in [2.05, 4.69) is 70.6 Å². The number of aryl methyl sites for hydroxylation is 2. The largest absolute Gasteiger partial charge is 0.369 e. The molecule has 1 aromatic carbocycles. The first-order chi connectivity index (χ1) is 11.1. The predicted octanol–water partition coefficient (Wildman–Crippen LogP) is 1.86. The summed E-state index contributed by atoms with van der Waals surface area (Å²) in [5, 5.41) is 0. The van der Waals surface area contributed by atoms with Crippen LogP contribution in [0.3, 0.4) is 0 Å². The molecule has 0 bridgehead atoms. The molecule has 1 fully saturated rings. The second-order valence-corrected chi connectivity index (χ2v) is 6.30. The van der Waals surface area contributed by atoms with Gasteiger partial charge in [-0.15, -0.1) is 0 Å². The third kappa shape index (κ3) is 3.12. The van der Waals surface area contributed by atoms with Crippen molar-refractivity contribution in [3.63, 3.8) is 0 Å². The molecule has 1 atom stereocenters. The van der Waals surface area contributed by atoms with Crippen LogP contribution < -0.4 is 10.6 Å².